The van der Waals surface area contributed by atoms with Crippen LogP contribution in [0.15, 0.2) is 44.6 Å². The smallest absolute Gasteiger partial charge is 0.336 e. The van der Waals surface area contributed by atoms with Gasteiger partial charge in [0.2, 0.25) is 0 Å². The van der Waals surface area contributed by atoms with Crippen LogP contribution < -0.4 is 10.4 Å². The van der Waals surface area contributed by atoms with Crippen LogP contribution in [-0.4, -0.2) is 72.8 Å². The normalized spacial score (nSPS) is 39.9. The molecule has 0 radical (unpaired) electrons. The van der Waals surface area contributed by atoms with E-state index in [-0.39, 0.29) is 61.0 Å². The molecule has 2 saturated carbocycles. The lowest BCUT2D eigenvalue weighted by molar-refractivity contribution is -0.170. The first-order chi connectivity index (χ1) is 22.5. The Morgan fingerprint density at radius 1 is 1.04 bits per heavy atom. The SMILES string of the molecule is COc1ccc2c(COC(=O)CCC(=O)O[C@H]3C45O[C@H]4CC4C6=C(CC[C@]4(C)C54O[C@H]4C4O[C@@]43C(C)C)C(=O)OC6)cc(=O)oc2c1. The highest BCUT2D eigenvalue weighted by molar-refractivity contribution is 5.92. The number of epoxide rings is 3. The molecular formula is C35H36O12. The molecule has 0 bridgehead atoms. The van der Waals surface area contributed by atoms with Crippen LogP contribution in [0.2, 0.25) is 0 Å². The number of ether oxygens (including phenoxy) is 7. The van der Waals surface area contributed by atoms with Crippen molar-refractivity contribution in [1.82, 2.24) is 0 Å². The van der Waals surface area contributed by atoms with Crippen molar-refractivity contribution < 1.29 is 52.0 Å². The zero-order valence-corrected chi connectivity index (χ0v) is 26.6. The highest BCUT2D eigenvalue weighted by Gasteiger charge is 3.01. The fraction of sp³-hybridized carbons (Fsp3) is 0.600. The molecule has 7 aliphatic rings. The summed E-state index contributed by atoms with van der Waals surface area (Å²) in [5.74, 6) is -0.765. The minimum atomic E-state index is -0.865. The minimum absolute atomic E-state index is 0.0158. The minimum Gasteiger partial charge on any atom is -0.497 e. The van der Waals surface area contributed by atoms with Gasteiger partial charge in [-0.2, -0.15) is 0 Å². The van der Waals surface area contributed by atoms with Crippen molar-refractivity contribution in [3.05, 3.63) is 51.4 Å². The summed E-state index contributed by atoms with van der Waals surface area (Å²) in [4.78, 5) is 50.8. The van der Waals surface area contributed by atoms with Crippen LogP contribution in [0.5, 0.6) is 5.75 Å². The quantitative estimate of drug-likeness (QED) is 0.178. The van der Waals surface area contributed by atoms with Gasteiger partial charge in [0.25, 0.3) is 0 Å². The molecule has 12 heteroatoms. The average Bonchev–Trinajstić information content (AvgIpc) is 3.97. The number of carbonyl (C=O) groups excluding carboxylic acids is 3. The van der Waals surface area contributed by atoms with Gasteiger partial charge in [0, 0.05) is 34.1 Å². The lowest BCUT2D eigenvalue weighted by atomic mass is 9.46. The molecule has 1 aromatic carbocycles. The Kier molecular flexibility index (Phi) is 5.91. The average molecular weight is 649 g/mol. The molecule has 4 aliphatic heterocycles. The molecule has 0 N–H and O–H groups in total. The largest absolute Gasteiger partial charge is 0.497 e. The van der Waals surface area contributed by atoms with Crippen LogP contribution in [0.4, 0.5) is 0 Å². The van der Waals surface area contributed by atoms with E-state index in [1.807, 2.05) is 0 Å². The summed E-state index contributed by atoms with van der Waals surface area (Å²) in [5, 5.41) is 0.613. The molecule has 5 heterocycles. The first-order valence-electron chi connectivity index (χ1n) is 16.4. The third kappa shape index (κ3) is 3.64. The van der Waals surface area contributed by atoms with Crippen LogP contribution in [0, 0.1) is 17.3 Å². The Labute approximate surface area is 269 Å². The summed E-state index contributed by atoms with van der Waals surface area (Å²) < 4.78 is 47.5. The third-order valence-electron chi connectivity index (χ3n) is 12.3. The van der Waals surface area contributed by atoms with Crippen LogP contribution in [0.3, 0.4) is 0 Å². The Balaban J connectivity index is 0.920. The highest BCUT2D eigenvalue weighted by atomic mass is 16.8. The molecule has 0 amide bonds. The molecule has 47 heavy (non-hydrogen) atoms. The van der Waals surface area contributed by atoms with Gasteiger partial charge in [0.1, 0.15) is 48.0 Å². The molecule has 248 valence electrons. The first-order valence-corrected chi connectivity index (χ1v) is 16.4. The summed E-state index contributed by atoms with van der Waals surface area (Å²) in [7, 11) is 1.51. The number of benzene rings is 1. The van der Waals surface area contributed by atoms with Gasteiger partial charge < -0.3 is 37.6 Å². The predicted octanol–water partition coefficient (Wildman–Crippen LogP) is 3.29. The summed E-state index contributed by atoms with van der Waals surface area (Å²) in [6, 6.07) is 6.32. The van der Waals surface area contributed by atoms with Gasteiger partial charge in [0.15, 0.2) is 11.7 Å². The van der Waals surface area contributed by atoms with E-state index in [9.17, 15) is 19.2 Å². The molecule has 3 aliphatic carbocycles. The monoisotopic (exact) mass is 648 g/mol. The zero-order chi connectivity index (χ0) is 32.7. The Morgan fingerprint density at radius 2 is 1.85 bits per heavy atom. The van der Waals surface area contributed by atoms with Gasteiger partial charge in [-0.1, -0.05) is 20.8 Å². The van der Waals surface area contributed by atoms with Crippen LogP contribution in [0.1, 0.15) is 58.4 Å². The van der Waals surface area contributed by atoms with Gasteiger partial charge in [-0.25, -0.2) is 9.59 Å². The maximum Gasteiger partial charge on any atom is 0.336 e. The van der Waals surface area contributed by atoms with Crippen LogP contribution in [0.25, 0.3) is 11.0 Å². The summed E-state index contributed by atoms with van der Waals surface area (Å²) in [6.45, 7) is 6.48. The molecule has 12 nitrogen and oxygen atoms in total. The van der Waals surface area contributed by atoms with E-state index in [0.29, 0.717) is 41.7 Å². The first kappa shape index (κ1) is 29.4. The van der Waals surface area contributed by atoms with E-state index in [4.69, 9.17) is 37.6 Å². The second-order valence-corrected chi connectivity index (χ2v) is 14.5. The molecule has 3 saturated heterocycles. The summed E-state index contributed by atoms with van der Waals surface area (Å²) >= 11 is 0. The topological polar surface area (TPSA) is 156 Å². The molecule has 1 aromatic heterocycles. The van der Waals surface area contributed by atoms with Gasteiger partial charge >= 0.3 is 23.5 Å². The number of esters is 3. The van der Waals surface area contributed by atoms with E-state index in [0.717, 1.165) is 17.6 Å². The van der Waals surface area contributed by atoms with E-state index < -0.39 is 40.5 Å². The van der Waals surface area contributed by atoms with Crippen molar-refractivity contribution in [1.29, 1.82) is 0 Å². The Hall–Kier alpha value is -3.74. The van der Waals surface area contributed by atoms with Crippen molar-refractivity contribution in [2.45, 2.75) is 101 Å². The van der Waals surface area contributed by atoms with Crippen molar-refractivity contribution in [3.8, 4) is 5.75 Å². The number of methoxy groups -OCH3 is 1. The Morgan fingerprint density at radius 3 is 2.64 bits per heavy atom. The highest BCUT2D eigenvalue weighted by Crippen LogP contribution is 2.83. The predicted molar refractivity (Wildman–Crippen MR) is 159 cm³/mol. The van der Waals surface area contributed by atoms with Gasteiger partial charge in [0.05, 0.1) is 26.1 Å². The number of rotatable bonds is 8. The van der Waals surface area contributed by atoms with Crippen LogP contribution >= 0.6 is 0 Å². The molecule has 2 spiro atoms. The lowest BCUT2D eigenvalue weighted by Crippen LogP contribution is -2.70. The van der Waals surface area contributed by atoms with Crippen molar-refractivity contribution >= 4 is 28.9 Å². The second-order valence-electron chi connectivity index (χ2n) is 14.5. The molecule has 2 aromatic rings. The van der Waals surface area contributed by atoms with Crippen molar-refractivity contribution in [3.63, 3.8) is 0 Å². The Bertz CT molecular complexity index is 1860. The second kappa shape index (κ2) is 9.45. The summed E-state index contributed by atoms with van der Waals surface area (Å²) in [5.41, 5.74) is -0.605. The maximum atomic E-state index is 13.5. The zero-order valence-electron chi connectivity index (χ0n) is 26.6. The molecule has 9 atom stereocenters. The van der Waals surface area contributed by atoms with Crippen molar-refractivity contribution in [2.24, 2.45) is 17.3 Å². The van der Waals surface area contributed by atoms with E-state index in [1.54, 1.807) is 18.2 Å². The van der Waals surface area contributed by atoms with Crippen molar-refractivity contribution in [2.75, 3.05) is 13.7 Å². The van der Waals surface area contributed by atoms with Gasteiger partial charge in [-0.3, -0.25) is 9.59 Å². The van der Waals surface area contributed by atoms with E-state index in [2.05, 4.69) is 20.8 Å². The fourth-order valence-electron chi connectivity index (χ4n) is 9.92. The molecule has 5 fully saturated rings. The van der Waals surface area contributed by atoms with E-state index in [1.165, 1.54) is 13.2 Å². The number of hydrogen-bond donors (Lipinski definition) is 0. The number of fused-ring (bicyclic) bond motifs is 5. The lowest BCUT2D eigenvalue weighted by Gasteiger charge is -2.53. The standard InChI is InChI=1S/C35H36O12/c1-16(2)33-28(46-33)29-35(47-29)32(3)10-9-20-21(15-42-30(20)39)22(32)13-24-34(35,45-24)31(33)44-26(37)8-7-25(36)41-14-17-11-27(38)43-23-12-18(40-4)5-6-19(17)23/h5-6,11-12,16,22,24,28-29,31H,7-10,13-15H2,1-4H3/t22?,24-,28?,29-,31+,32-,33-,34?,35?/m0/s1. The van der Waals surface area contributed by atoms with Crippen LogP contribution in [-0.2, 0) is 49.4 Å². The number of carbonyl (C=O) groups is 3. The fourth-order valence-corrected chi connectivity index (χ4v) is 9.92. The third-order valence-corrected chi connectivity index (χ3v) is 12.3. The maximum absolute atomic E-state index is 13.5. The summed E-state index contributed by atoms with van der Waals surface area (Å²) in [6.07, 6.45) is 0.259. The number of cyclic esters (lactones) is 1. The van der Waals surface area contributed by atoms with Gasteiger partial charge in [-0.05, 0) is 48.8 Å². The molecular weight excluding hydrogens is 612 g/mol. The van der Waals surface area contributed by atoms with E-state index >= 15 is 0 Å². The number of hydrogen-bond acceptors (Lipinski definition) is 12. The molecule has 4 unspecified atom stereocenters. The molecule has 9 rings (SSSR count). The van der Waals surface area contributed by atoms with Gasteiger partial charge in [-0.15, -0.1) is 0 Å².